The first-order valence-electron chi connectivity index (χ1n) is 8.38. The molecule has 4 rings (SSSR count). The lowest BCUT2D eigenvalue weighted by Crippen LogP contribution is -2.36. The lowest BCUT2D eigenvalue weighted by atomic mass is 10.2. The Kier molecular flexibility index (Phi) is 4.09. The van der Waals surface area contributed by atoms with Crippen LogP contribution in [0.3, 0.4) is 0 Å². The molecule has 0 saturated heterocycles. The number of anilines is 1. The molecule has 0 aromatic carbocycles. The summed E-state index contributed by atoms with van der Waals surface area (Å²) in [5, 5.41) is 8.03. The van der Waals surface area contributed by atoms with Crippen molar-refractivity contribution in [1.29, 1.82) is 0 Å². The van der Waals surface area contributed by atoms with E-state index in [0.29, 0.717) is 18.2 Å². The molecule has 0 saturated carbocycles. The molecule has 1 aliphatic heterocycles. The zero-order valence-electron chi connectivity index (χ0n) is 14.3. The van der Waals surface area contributed by atoms with E-state index in [-0.39, 0.29) is 13.1 Å². The van der Waals surface area contributed by atoms with Gasteiger partial charge in [-0.1, -0.05) is 13.3 Å². The van der Waals surface area contributed by atoms with E-state index in [2.05, 4.69) is 33.2 Å². The van der Waals surface area contributed by atoms with Crippen LogP contribution in [0.4, 0.5) is 19.0 Å². The summed E-state index contributed by atoms with van der Waals surface area (Å²) in [6.07, 6.45) is -2.47. The van der Waals surface area contributed by atoms with Gasteiger partial charge in [-0.05, 0) is 19.4 Å². The summed E-state index contributed by atoms with van der Waals surface area (Å²) < 4.78 is 40.2. The van der Waals surface area contributed by atoms with E-state index in [9.17, 15) is 13.2 Å². The summed E-state index contributed by atoms with van der Waals surface area (Å²) in [6.45, 7) is 4.79. The van der Waals surface area contributed by atoms with Gasteiger partial charge in [-0.15, -0.1) is 21.5 Å². The standard InChI is InChI=1S/C16H17F3N6S/c1-3-4-10-7-11-13(20-9(2)21-14(11)26-10)24-5-6-25-12(8-24)22-23-15(25)16(17,18)19/h7H,3-6,8H2,1-2H3. The number of aryl methyl sites for hydroxylation is 2. The summed E-state index contributed by atoms with van der Waals surface area (Å²) in [7, 11) is 0. The van der Waals surface area contributed by atoms with Gasteiger partial charge in [0.05, 0.1) is 11.9 Å². The molecular formula is C16H17F3N6S. The van der Waals surface area contributed by atoms with Crippen LogP contribution < -0.4 is 4.90 Å². The predicted molar refractivity (Wildman–Crippen MR) is 92.2 cm³/mol. The minimum atomic E-state index is -4.49. The van der Waals surface area contributed by atoms with Crippen molar-refractivity contribution in [3.05, 3.63) is 28.4 Å². The third-order valence-corrected chi connectivity index (χ3v) is 5.43. The fourth-order valence-corrected chi connectivity index (χ4v) is 4.39. The first-order chi connectivity index (χ1) is 12.4. The fraction of sp³-hybridized carbons (Fsp3) is 0.500. The van der Waals surface area contributed by atoms with Crippen LogP contribution in [0.15, 0.2) is 6.07 Å². The molecule has 0 atom stereocenters. The van der Waals surface area contributed by atoms with Crippen molar-refractivity contribution in [2.75, 3.05) is 11.4 Å². The third kappa shape index (κ3) is 2.91. The molecule has 0 radical (unpaired) electrons. The molecule has 4 heterocycles. The SMILES string of the molecule is CCCc1cc2c(N3CCn4c(nnc4C(F)(F)F)C3)nc(C)nc2s1. The van der Waals surface area contributed by atoms with Crippen LogP contribution >= 0.6 is 11.3 Å². The van der Waals surface area contributed by atoms with Crippen LogP contribution in [0.2, 0.25) is 0 Å². The van der Waals surface area contributed by atoms with Crippen LogP contribution in [0.25, 0.3) is 10.2 Å². The smallest absolute Gasteiger partial charge is 0.347 e. The Hall–Kier alpha value is -2.23. The maximum absolute atomic E-state index is 13.0. The number of rotatable bonds is 3. The van der Waals surface area contributed by atoms with E-state index in [1.54, 1.807) is 11.3 Å². The summed E-state index contributed by atoms with van der Waals surface area (Å²) in [5.74, 6) is 0.781. The number of halogens is 3. The second kappa shape index (κ2) is 6.19. The van der Waals surface area contributed by atoms with Gasteiger partial charge in [0.15, 0.2) is 5.82 Å². The predicted octanol–water partition coefficient (Wildman–Crippen LogP) is 3.58. The molecule has 0 amide bonds. The van der Waals surface area contributed by atoms with Gasteiger partial charge in [-0.3, -0.25) is 0 Å². The van der Waals surface area contributed by atoms with E-state index < -0.39 is 12.0 Å². The molecule has 1 aliphatic rings. The second-order valence-corrected chi connectivity index (χ2v) is 7.40. The van der Waals surface area contributed by atoms with E-state index in [1.807, 2.05) is 11.8 Å². The number of hydrogen-bond donors (Lipinski definition) is 0. The Labute approximate surface area is 151 Å². The van der Waals surface area contributed by atoms with Crippen molar-refractivity contribution in [2.24, 2.45) is 0 Å². The van der Waals surface area contributed by atoms with Gasteiger partial charge < -0.3 is 9.47 Å². The number of thiophene rings is 1. The molecule has 138 valence electrons. The van der Waals surface area contributed by atoms with Crippen molar-refractivity contribution in [3.8, 4) is 0 Å². The van der Waals surface area contributed by atoms with E-state index >= 15 is 0 Å². The monoisotopic (exact) mass is 382 g/mol. The van der Waals surface area contributed by atoms with E-state index in [0.717, 1.165) is 33.4 Å². The van der Waals surface area contributed by atoms with E-state index in [4.69, 9.17) is 0 Å². The zero-order valence-corrected chi connectivity index (χ0v) is 15.2. The number of fused-ring (bicyclic) bond motifs is 2. The minimum Gasteiger partial charge on any atom is -0.347 e. The fourth-order valence-electron chi connectivity index (χ4n) is 3.22. The van der Waals surface area contributed by atoms with Gasteiger partial charge in [0, 0.05) is 18.0 Å². The van der Waals surface area contributed by atoms with Gasteiger partial charge in [0.1, 0.15) is 16.5 Å². The Morgan fingerprint density at radius 2 is 2.00 bits per heavy atom. The molecule has 3 aromatic rings. The molecule has 6 nitrogen and oxygen atoms in total. The van der Waals surface area contributed by atoms with Crippen molar-refractivity contribution in [1.82, 2.24) is 24.7 Å². The maximum atomic E-state index is 13.0. The molecular weight excluding hydrogens is 365 g/mol. The van der Waals surface area contributed by atoms with E-state index in [1.165, 1.54) is 4.88 Å². The molecule has 0 bridgehead atoms. The Bertz CT molecular complexity index is 961. The third-order valence-electron chi connectivity index (χ3n) is 4.34. The summed E-state index contributed by atoms with van der Waals surface area (Å²) >= 11 is 1.65. The summed E-state index contributed by atoms with van der Waals surface area (Å²) in [6, 6.07) is 2.10. The summed E-state index contributed by atoms with van der Waals surface area (Å²) in [4.78, 5) is 13.2. The van der Waals surface area contributed by atoms with Crippen molar-refractivity contribution >= 4 is 27.4 Å². The van der Waals surface area contributed by atoms with Crippen LogP contribution in [0.5, 0.6) is 0 Å². The van der Waals surface area contributed by atoms with Crippen LogP contribution in [-0.4, -0.2) is 31.3 Å². The zero-order chi connectivity index (χ0) is 18.5. The molecule has 0 fully saturated rings. The molecule has 3 aromatic heterocycles. The number of nitrogens with zero attached hydrogens (tertiary/aromatic N) is 6. The first-order valence-corrected chi connectivity index (χ1v) is 9.19. The largest absolute Gasteiger partial charge is 0.451 e. The van der Waals surface area contributed by atoms with Crippen LogP contribution in [0.1, 0.15) is 35.7 Å². The van der Waals surface area contributed by atoms with Gasteiger partial charge in [0.25, 0.3) is 0 Å². The normalized spacial score (nSPS) is 14.9. The Morgan fingerprint density at radius 3 is 2.73 bits per heavy atom. The van der Waals surface area contributed by atoms with Gasteiger partial charge in [-0.2, -0.15) is 13.2 Å². The number of alkyl halides is 3. The molecule has 0 N–H and O–H groups in total. The van der Waals surface area contributed by atoms with Gasteiger partial charge in [-0.25, -0.2) is 9.97 Å². The quantitative estimate of drug-likeness (QED) is 0.693. The van der Waals surface area contributed by atoms with Gasteiger partial charge in [0.2, 0.25) is 5.82 Å². The maximum Gasteiger partial charge on any atom is 0.451 e. The highest BCUT2D eigenvalue weighted by molar-refractivity contribution is 7.18. The lowest BCUT2D eigenvalue weighted by molar-refractivity contribution is -0.147. The van der Waals surface area contributed by atoms with Crippen molar-refractivity contribution in [3.63, 3.8) is 0 Å². The number of hydrogen-bond acceptors (Lipinski definition) is 6. The number of aromatic nitrogens is 5. The summed E-state index contributed by atoms with van der Waals surface area (Å²) in [5.41, 5.74) is 0. The highest BCUT2D eigenvalue weighted by atomic mass is 32.1. The molecule has 26 heavy (non-hydrogen) atoms. The highest BCUT2D eigenvalue weighted by Crippen LogP contribution is 2.34. The highest BCUT2D eigenvalue weighted by Gasteiger charge is 2.39. The van der Waals surface area contributed by atoms with Crippen molar-refractivity contribution < 1.29 is 13.2 Å². The lowest BCUT2D eigenvalue weighted by Gasteiger charge is -2.29. The molecule has 0 aliphatic carbocycles. The molecule has 0 spiro atoms. The Morgan fingerprint density at radius 1 is 1.19 bits per heavy atom. The Balaban J connectivity index is 1.72. The van der Waals surface area contributed by atoms with Gasteiger partial charge >= 0.3 is 6.18 Å². The topological polar surface area (TPSA) is 59.7 Å². The average Bonchev–Trinajstić information content (AvgIpc) is 3.16. The minimum absolute atomic E-state index is 0.174. The van der Waals surface area contributed by atoms with Crippen LogP contribution in [-0.2, 0) is 25.7 Å². The second-order valence-electron chi connectivity index (χ2n) is 6.29. The molecule has 0 unspecified atom stereocenters. The van der Waals surface area contributed by atoms with Crippen LogP contribution in [0, 0.1) is 6.92 Å². The average molecular weight is 382 g/mol. The first kappa shape index (κ1) is 17.2. The molecule has 10 heteroatoms. The van der Waals surface area contributed by atoms with Crippen molar-refractivity contribution in [2.45, 2.75) is 46.0 Å².